The number of nitrogens with zero attached hydrogens (tertiary/aromatic N) is 2. The molecule has 0 aliphatic carbocycles. The number of anilines is 2. The van der Waals surface area contributed by atoms with Gasteiger partial charge in [-0.2, -0.15) is 5.10 Å². The number of hydrogen-bond donors (Lipinski definition) is 2. The standard InChI is InChI=1S/C8H16N4/c1-4-5-12-8(9)7(10-3)6(2)11-12/h10H,4-5,9H2,1-3H3. The Morgan fingerprint density at radius 3 is 2.67 bits per heavy atom. The van der Waals surface area contributed by atoms with Gasteiger partial charge in [-0.3, -0.25) is 0 Å². The summed E-state index contributed by atoms with van der Waals surface area (Å²) in [4.78, 5) is 0. The minimum absolute atomic E-state index is 0.733. The number of aryl methyl sites for hydroxylation is 2. The van der Waals surface area contributed by atoms with Crippen molar-refractivity contribution in [2.75, 3.05) is 18.1 Å². The zero-order valence-electron chi connectivity index (χ0n) is 7.89. The first kappa shape index (κ1) is 8.90. The van der Waals surface area contributed by atoms with E-state index in [2.05, 4.69) is 17.3 Å². The van der Waals surface area contributed by atoms with E-state index in [0.717, 1.165) is 30.2 Å². The van der Waals surface area contributed by atoms with Crippen LogP contribution in [0, 0.1) is 6.92 Å². The minimum Gasteiger partial charge on any atom is -0.384 e. The number of nitrogens with two attached hydrogens (primary N) is 1. The van der Waals surface area contributed by atoms with Crippen molar-refractivity contribution < 1.29 is 0 Å². The fourth-order valence-corrected chi connectivity index (χ4v) is 1.29. The Bertz CT molecular complexity index is 264. The number of nitrogen functional groups attached to an aromatic ring is 1. The first-order chi connectivity index (χ1) is 5.70. The third kappa shape index (κ3) is 1.37. The van der Waals surface area contributed by atoms with Crippen molar-refractivity contribution in [2.24, 2.45) is 0 Å². The van der Waals surface area contributed by atoms with Gasteiger partial charge in [0.05, 0.1) is 11.4 Å². The lowest BCUT2D eigenvalue weighted by molar-refractivity contribution is 0.606. The lowest BCUT2D eigenvalue weighted by Crippen LogP contribution is -2.04. The minimum atomic E-state index is 0.733. The van der Waals surface area contributed by atoms with Crippen LogP contribution in [0.3, 0.4) is 0 Å². The molecule has 0 aliphatic heterocycles. The van der Waals surface area contributed by atoms with Gasteiger partial charge in [-0.05, 0) is 13.3 Å². The summed E-state index contributed by atoms with van der Waals surface area (Å²) >= 11 is 0. The summed E-state index contributed by atoms with van der Waals surface area (Å²) in [6.07, 6.45) is 1.05. The molecule has 0 unspecified atom stereocenters. The summed E-state index contributed by atoms with van der Waals surface area (Å²) in [5.74, 6) is 0.733. The van der Waals surface area contributed by atoms with Crippen molar-refractivity contribution in [3.63, 3.8) is 0 Å². The molecule has 3 N–H and O–H groups in total. The maximum atomic E-state index is 5.84. The van der Waals surface area contributed by atoms with Crippen molar-refractivity contribution in [3.05, 3.63) is 5.69 Å². The summed E-state index contributed by atoms with van der Waals surface area (Å²) in [6, 6.07) is 0. The van der Waals surface area contributed by atoms with Crippen molar-refractivity contribution >= 4 is 11.5 Å². The van der Waals surface area contributed by atoms with E-state index in [4.69, 9.17) is 5.73 Å². The second-order valence-corrected chi connectivity index (χ2v) is 2.82. The van der Waals surface area contributed by atoms with E-state index in [1.807, 2.05) is 18.7 Å². The van der Waals surface area contributed by atoms with Crippen LogP contribution in [0.1, 0.15) is 19.0 Å². The van der Waals surface area contributed by atoms with E-state index in [0.29, 0.717) is 0 Å². The SMILES string of the molecule is CCCn1nc(C)c(NC)c1N. The quantitative estimate of drug-likeness (QED) is 0.713. The molecule has 0 bridgehead atoms. The zero-order chi connectivity index (χ0) is 9.14. The van der Waals surface area contributed by atoms with Gasteiger partial charge >= 0.3 is 0 Å². The van der Waals surface area contributed by atoms with Gasteiger partial charge in [0.2, 0.25) is 0 Å². The van der Waals surface area contributed by atoms with E-state index >= 15 is 0 Å². The Labute approximate surface area is 72.8 Å². The third-order valence-electron chi connectivity index (χ3n) is 1.85. The second kappa shape index (κ2) is 3.47. The van der Waals surface area contributed by atoms with Crippen LogP contribution >= 0.6 is 0 Å². The lowest BCUT2D eigenvalue weighted by Gasteiger charge is -2.01. The summed E-state index contributed by atoms with van der Waals surface area (Å²) < 4.78 is 1.83. The van der Waals surface area contributed by atoms with Crippen LogP contribution in [-0.4, -0.2) is 16.8 Å². The first-order valence-corrected chi connectivity index (χ1v) is 4.21. The molecule has 1 heterocycles. The molecule has 0 aromatic carbocycles. The average molecular weight is 168 g/mol. The molecular weight excluding hydrogens is 152 g/mol. The van der Waals surface area contributed by atoms with Crippen LogP contribution in [0.4, 0.5) is 11.5 Å². The lowest BCUT2D eigenvalue weighted by atomic mass is 10.4. The smallest absolute Gasteiger partial charge is 0.145 e. The summed E-state index contributed by atoms with van der Waals surface area (Å²) in [6.45, 7) is 4.94. The van der Waals surface area contributed by atoms with Gasteiger partial charge < -0.3 is 11.1 Å². The molecule has 0 atom stereocenters. The van der Waals surface area contributed by atoms with Gasteiger partial charge in [0, 0.05) is 13.6 Å². The Morgan fingerprint density at radius 2 is 2.25 bits per heavy atom. The number of rotatable bonds is 3. The molecule has 0 radical (unpaired) electrons. The fourth-order valence-electron chi connectivity index (χ4n) is 1.29. The molecule has 68 valence electrons. The number of nitrogens with one attached hydrogen (secondary N) is 1. The average Bonchev–Trinajstić information content (AvgIpc) is 2.29. The first-order valence-electron chi connectivity index (χ1n) is 4.21. The van der Waals surface area contributed by atoms with Gasteiger partial charge in [-0.1, -0.05) is 6.92 Å². The molecule has 0 aliphatic rings. The molecule has 0 saturated heterocycles. The normalized spacial score (nSPS) is 10.2. The topological polar surface area (TPSA) is 55.9 Å². The monoisotopic (exact) mass is 168 g/mol. The highest BCUT2D eigenvalue weighted by atomic mass is 15.3. The largest absolute Gasteiger partial charge is 0.384 e. The zero-order valence-corrected chi connectivity index (χ0v) is 7.89. The van der Waals surface area contributed by atoms with Crippen molar-refractivity contribution in [1.82, 2.24) is 9.78 Å². The van der Waals surface area contributed by atoms with Crippen LogP contribution in [0.5, 0.6) is 0 Å². The van der Waals surface area contributed by atoms with Gasteiger partial charge in [-0.25, -0.2) is 4.68 Å². The molecule has 0 saturated carbocycles. The highest BCUT2D eigenvalue weighted by Gasteiger charge is 2.08. The predicted molar refractivity (Wildman–Crippen MR) is 51.2 cm³/mol. The van der Waals surface area contributed by atoms with Crippen molar-refractivity contribution in [3.8, 4) is 0 Å². The molecule has 0 fully saturated rings. The maximum Gasteiger partial charge on any atom is 0.145 e. The van der Waals surface area contributed by atoms with Crippen LogP contribution in [0.2, 0.25) is 0 Å². The summed E-state index contributed by atoms with van der Waals surface area (Å²) in [5.41, 5.74) is 7.75. The molecule has 1 aromatic rings. The van der Waals surface area contributed by atoms with Gasteiger partial charge in [0.25, 0.3) is 0 Å². The van der Waals surface area contributed by atoms with Crippen molar-refractivity contribution in [1.29, 1.82) is 0 Å². The molecule has 0 spiro atoms. The molecule has 1 aromatic heterocycles. The van der Waals surface area contributed by atoms with Crippen LogP contribution in [0.15, 0.2) is 0 Å². The number of hydrogen-bond acceptors (Lipinski definition) is 3. The van der Waals surface area contributed by atoms with Crippen LogP contribution < -0.4 is 11.1 Å². The Kier molecular flexibility index (Phi) is 2.58. The van der Waals surface area contributed by atoms with Gasteiger partial charge in [0.15, 0.2) is 0 Å². The highest BCUT2D eigenvalue weighted by Crippen LogP contribution is 2.21. The molecule has 4 heteroatoms. The predicted octanol–water partition coefficient (Wildman–Crippen LogP) is 1.23. The summed E-state index contributed by atoms with van der Waals surface area (Å²) in [7, 11) is 1.86. The summed E-state index contributed by atoms with van der Waals surface area (Å²) in [5, 5.41) is 7.33. The number of aromatic nitrogens is 2. The molecule has 4 nitrogen and oxygen atoms in total. The van der Waals surface area contributed by atoms with Gasteiger partial charge in [0.1, 0.15) is 5.82 Å². The second-order valence-electron chi connectivity index (χ2n) is 2.82. The van der Waals surface area contributed by atoms with Gasteiger partial charge in [-0.15, -0.1) is 0 Å². The van der Waals surface area contributed by atoms with E-state index in [-0.39, 0.29) is 0 Å². The Hall–Kier alpha value is -1.19. The van der Waals surface area contributed by atoms with Crippen molar-refractivity contribution in [2.45, 2.75) is 26.8 Å². The van der Waals surface area contributed by atoms with E-state index in [9.17, 15) is 0 Å². The van der Waals surface area contributed by atoms with E-state index in [1.165, 1.54) is 0 Å². The third-order valence-corrected chi connectivity index (χ3v) is 1.85. The Balaban J connectivity index is 3.00. The highest BCUT2D eigenvalue weighted by molar-refractivity contribution is 5.64. The maximum absolute atomic E-state index is 5.84. The van der Waals surface area contributed by atoms with E-state index < -0.39 is 0 Å². The fraction of sp³-hybridized carbons (Fsp3) is 0.625. The van der Waals surface area contributed by atoms with Crippen LogP contribution in [0.25, 0.3) is 0 Å². The molecular formula is C8H16N4. The van der Waals surface area contributed by atoms with Crippen LogP contribution in [-0.2, 0) is 6.54 Å². The molecule has 1 rings (SSSR count). The Morgan fingerprint density at radius 1 is 1.58 bits per heavy atom. The molecule has 0 amide bonds. The van der Waals surface area contributed by atoms with E-state index in [1.54, 1.807) is 0 Å². The molecule has 12 heavy (non-hydrogen) atoms.